The molecule has 3 heterocycles. The molecular formula is C22H31N3O2. The normalized spacial score (nSPS) is 18.4. The minimum atomic E-state index is 0.0504. The Kier molecular flexibility index (Phi) is 7.45. The van der Waals surface area contributed by atoms with Gasteiger partial charge in [0.2, 0.25) is 0 Å². The van der Waals surface area contributed by atoms with Crippen molar-refractivity contribution >= 4 is 5.82 Å². The average Bonchev–Trinajstić information content (AvgIpc) is 2.70. The molecule has 0 radical (unpaired) electrons. The van der Waals surface area contributed by atoms with Crippen LogP contribution >= 0.6 is 0 Å². The Bertz CT molecular complexity index is 747. The van der Waals surface area contributed by atoms with Gasteiger partial charge in [0.25, 0.3) is 5.56 Å². The lowest BCUT2D eigenvalue weighted by Gasteiger charge is -2.23. The molecule has 0 aromatic carbocycles. The summed E-state index contributed by atoms with van der Waals surface area (Å²) in [7, 11) is 0. The summed E-state index contributed by atoms with van der Waals surface area (Å²) >= 11 is 0. The van der Waals surface area contributed by atoms with Gasteiger partial charge in [0.1, 0.15) is 5.82 Å². The Morgan fingerprint density at radius 3 is 2.52 bits per heavy atom. The third-order valence-corrected chi connectivity index (χ3v) is 5.36. The molecule has 2 aromatic heterocycles. The van der Waals surface area contributed by atoms with Gasteiger partial charge < -0.3 is 15.0 Å². The maximum absolute atomic E-state index is 11.4. The fourth-order valence-electron chi connectivity index (χ4n) is 3.84. The van der Waals surface area contributed by atoms with E-state index in [0.717, 1.165) is 43.1 Å². The van der Waals surface area contributed by atoms with E-state index in [-0.39, 0.29) is 5.56 Å². The molecule has 0 bridgehead atoms. The first-order chi connectivity index (χ1) is 13.2. The lowest BCUT2D eigenvalue weighted by molar-refractivity contribution is 0.0850. The van der Waals surface area contributed by atoms with Gasteiger partial charge in [-0.3, -0.25) is 4.79 Å². The first-order valence-electron chi connectivity index (χ1n) is 10.2. The SMILES string of the molecule is Cc1cccc(NC2CCCCC2)n1.O=c1[nH]cccc1C1CCOCC1. The predicted molar refractivity (Wildman–Crippen MR) is 109 cm³/mol. The Balaban J connectivity index is 0.000000156. The quantitative estimate of drug-likeness (QED) is 0.841. The number of nitrogens with one attached hydrogen (secondary N) is 2. The van der Waals surface area contributed by atoms with Gasteiger partial charge in [0.15, 0.2) is 0 Å². The fourth-order valence-corrected chi connectivity index (χ4v) is 3.84. The van der Waals surface area contributed by atoms with Crippen LogP contribution in [0.3, 0.4) is 0 Å². The summed E-state index contributed by atoms with van der Waals surface area (Å²) in [6.45, 7) is 3.59. The maximum atomic E-state index is 11.4. The molecule has 0 atom stereocenters. The first-order valence-corrected chi connectivity index (χ1v) is 10.2. The Labute approximate surface area is 161 Å². The van der Waals surface area contributed by atoms with Crippen LogP contribution in [-0.2, 0) is 4.74 Å². The Hall–Kier alpha value is -2.14. The number of ether oxygens (including phenoxy) is 1. The minimum Gasteiger partial charge on any atom is -0.381 e. The maximum Gasteiger partial charge on any atom is 0.251 e. The van der Waals surface area contributed by atoms with Crippen LogP contribution in [0, 0.1) is 6.92 Å². The van der Waals surface area contributed by atoms with Crippen LogP contribution in [0.25, 0.3) is 0 Å². The number of rotatable bonds is 3. The van der Waals surface area contributed by atoms with Gasteiger partial charge >= 0.3 is 0 Å². The summed E-state index contributed by atoms with van der Waals surface area (Å²) in [6, 6.07) is 10.6. The van der Waals surface area contributed by atoms with Crippen molar-refractivity contribution in [1.82, 2.24) is 9.97 Å². The van der Waals surface area contributed by atoms with Crippen LogP contribution in [0.15, 0.2) is 41.3 Å². The number of H-pyrrole nitrogens is 1. The van der Waals surface area contributed by atoms with E-state index in [1.165, 1.54) is 32.1 Å². The van der Waals surface area contributed by atoms with E-state index in [9.17, 15) is 4.79 Å². The van der Waals surface area contributed by atoms with Crippen LogP contribution in [0.2, 0.25) is 0 Å². The Morgan fingerprint density at radius 1 is 1.04 bits per heavy atom. The van der Waals surface area contributed by atoms with Crippen LogP contribution in [0.1, 0.15) is 62.1 Å². The number of pyridine rings is 2. The molecule has 2 N–H and O–H groups in total. The molecule has 4 rings (SSSR count). The van der Waals surface area contributed by atoms with Crippen molar-refractivity contribution < 1.29 is 4.74 Å². The number of hydrogen-bond donors (Lipinski definition) is 2. The number of aromatic nitrogens is 2. The summed E-state index contributed by atoms with van der Waals surface area (Å²) in [5.74, 6) is 1.43. The summed E-state index contributed by atoms with van der Waals surface area (Å²) in [4.78, 5) is 18.6. The topological polar surface area (TPSA) is 67.0 Å². The van der Waals surface area contributed by atoms with Crippen molar-refractivity contribution in [1.29, 1.82) is 0 Å². The van der Waals surface area contributed by atoms with Gasteiger partial charge in [0, 0.05) is 36.7 Å². The number of hydrogen-bond acceptors (Lipinski definition) is 4. The minimum absolute atomic E-state index is 0.0504. The summed E-state index contributed by atoms with van der Waals surface area (Å²) < 4.78 is 5.25. The first kappa shape index (κ1) is 19.6. The number of aromatic amines is 1. The van der Waals surface area contributed by atoms with Gasteiger partial charge in [-0.15, -0.1) is 0 Å². The van der Waals surface area contributed by atoms with E-state index in [1.807, 2.05) is 25.1 Å². The summed E-state index contributed by atoms with van der Waals surface area (Å²) in [5.41, 5.74) is 2.05. The van der Waals surface area contributed by atoms with E-state index < -0.39 is 0 Å². The molecule has 1 saturated heterocycles. The standard InChI is InChI=1S/C12H18N2.C10H13NO2/c1-10-6-5-9-12(13-10)14-11-7-3-2-4-8-11;12-10-9(2-1-5-11-10)8-3-6-13-7-4-8/h5-6,9,11H,2-4,7-8H2,1H3,(H,13,14);1-2,5,8H,3-4,6-7H2,(H,11,12). The van der Waals surface area contributed by atoms with Gasteiger partial charge in [-0.2, -0.15) is 0 Å². The van der Waals surface area contributed by atoms with Gasteiger partial charge in [0.05, 0.1) is 0 Å². The molecule has 2 aliphatic rings. The molecule has 2 aromatic rings. The molecule has 1 aliphatic carbocycles. The summed E-state index contributed by atoms with van der Waals surface area (Å²) in [6.07, 6.45) is 10.3. The number of anilines is 1. The predicted octanol–water partition coefficient (Wildman–Crippen LogP) is 4.40. The highest BCUT2D eigenvalue weighted by atomic mass is 16.5. The zero-order valence-corrected chi connectivity index (χ0v) is 16.2. The zero-order chi connectivity index (χ0) is 18.9. The van der Waals surface area contributed by atoms with Crippen molar-refractivity contribution in [3.63, 3.8) is 0 Å². The van der Waals surface area contributed by atoms with Crippen molar-refractivity contribution in [2.24, 2.45) is 0 Å². The molecule has 5 nitrogen and oxygen atoms in total. The van der Waals surface area contributed by atoms with Crippen molar-refractivity contribution in [2.45, 2.75) is 63.8 Å². The van der Waals surface area contributed by atoms with Gasteiger partial charge in [-0.05, 0) is 56.7 Å². The molecule has 146 valence electrons. The van der Waals surface area contributed by atoms with E-state index in [0.29, 0.717) is 12.0 Å². The number of aryl methyl sites for hydroxylation is 1. The highest BCUT2D eigenvalue weighted by molar-refractivity contribution is 5.36. The van der Waals surface area contributed by atoms with Crippen LogP contribution in [0.4, 0.5) is 5.82 Å². The fraction of sp³-hybridized carbons (Fsp3) is 0.545. The largest absolute Gasteiger partial charge is 0.381 e. The third-order valence-electron chi connectivity index (χ3n) is 5.36. The second kappa shape index (κ2) is 10.3. The van der Waals surface area contributed by atoms with Crippen molar-refractivity contribution in [3.05, 3.63) is 58.1 Å². The molecular weight excluding hydrogens is 338 g/mol. The van der Waals surface area contributed by atoms with Gasteiger partial charge in [-0.25, -0.2) is 4.98 Å². The third kappa shape index (κ3) is 6.21. The van der Waals surface area contributed by atoms with E-state index in [2.05, 4.69) is 27.4 Å². The van der Waals surface area contributed by atoms with Gasteiger partial charge in [-0.1, -0.05) is 31.4 Å². The van der Waals surface area contributed by atoms with Crippen molar-refractivity contribution in [3.8, 4) is 0 Å². The molecule has 5 heteroatoms. The molecule has 1 saturated carbocycles. The lowest BCUT2D eigenvalue weighted by Crippen LogP contribution is -2.22. The summed E-state index contributed by atoms with van der Waals surface area (Å²) in [5, 5.41) is 3.51. The molecule has 0 spiro atoms. The van der Waals surface area contributed by atoms with Crippen molar-refractivity contribution in [2.75, 3.05) is 18.5 Å². The monoisotopic (exact) mass is 369 g/mol. The number of nitrogens with zero attached hydrogens (tertiary/aromatic N) is 1. The highest BCUT2D eigenvalue weighted by Gasteiger charge is 2.17. The second-order valence-electron chi connectivity index (χ2n) is 7.48. The molecule has 27 heavy (non-hydrogen) atoms. The van der Waals surface area contributed by atoms with Crippen LogP contribution in [-0.4, -0.2) is 29.2 Å². The van der Waals surface area contributed by atoms with E-state index >= 15 is 0 Å². The molecule has 0 amide bonds. The zero-order valence-electron chi connectivity index (χ0n) is 16.2. The van der Waals surface area contributed by atoms with E-state index in [1.54, 1.807) is 6.20 Å². The Morgan fingerprint density at radius 2 is 1.81 bits per heavy atom. The molecule has 1 aliphatic heterocycles. The van der Waals surface area contributed by atoms with Crippen LogP contribution < -0.4 is 10.9 Å². The van der Waals surface area contributed by atoms with Crippen LogP contribution in [0.5, 0.6) is 0 Å². The lowest BCUT2D eigenvalue weighted by atomic mass is 9.93. The average molecular weight is 370 g/mol. The smallest absolute Gasteiger partial charge is 0.251 e. The molecule has 2 fully saturated rings. The molecule has 0 unspecified atom stereocenters. The second-order valence-corrected chi connectivity index (χ2v) is 7.48. The highest BCUT2D eigenvalue weighted by Crippen LogP contribution is 2.23. The van der Waals surface area contributed by atoms with E-state index in [4.69, 9.17) is 4.74 Å².